The topological polar surface area (TPSA) is 52.3 Å². The van der Waals surface area contributed by atoms with E-state index in [1.807, 2.05) is 44.2 Å². The molecule has 0 aliphatic rings. The SMILES string of the molecule is CCC(C)C(C)(N)C(=O)OCCc1ccccc1. The second-order valence-electron chi connectivity index (χ2n) is 4.96. The monoisotopic (exact) mass is 249 g/mol. The molecule has 1 rings (SSSR count). The molecule has 1 aromatic carbocycles. The molecule has 100 valence electrons. The van der Waals surface area contributed by atoms with Crippen LogP contribution in [-0.2, 0) is 16.0 Å². The van der Waals surface area contributed by atoms with E-state index in [4.69, 9.17) is 10.5 Å². The number of ether oxygens (including phenoxy) is 1. The Morgan fingerprint density at radius 3 is 2.56 bits per heavy atom. The summed E-state index contributed by atoms with van der Waals surface area (Å²) in [4.78, 5) is 11.9. The van der Waals surface area contributed by atoms with Gasteiger partial charge < -0.3 is 10.5 Å². The second kappa shape index (κ2) is 6.55. The summed E-state index contributed by atoms with van der Waals surface area (Å²) in [6.45, 7) is 6.11. The van der Waals surface area contributed by atoms with Crippen LogP contribution in [0.4, 0.5) is 0 Å². The zero-order valence-corrected chi connectivity index (χ0v) is 11.5. The van der Waals surface area contributed by atoms with Gasteiger partial charge in [0, 0.05) is 6.42 Å². The minimum atomic E-state index is -0.897. The van der Waals surface area contributed by atoms with E-state index in [2.05, 4.69) is 0 Å². The van der Waals surface area contributed by atoms with Crippen molar-refractivity contribution in [2.45, 2.75) is 39.2 Å². The fraction of sp³-hybridized carbons (Fsp3) is 0.533. The summed E-state index contributed by atoms with van der Waals surface area (Å²) in [5.74, 6) is -0.200. The quantitative estimate of drug-likeness (QED) is 0.788. The lowest BCUT2D eigenvalue weighted by atomic mass is 9.86. The van der Waals surface area contributed by atoms with Crippen molar-refractivity contribution < 1.29 is 9.53 Å². The maximum absolute atomic E-state index is 11.9. The van der Waals surface area contributed by atoms with Gasteiger partial charge in [-0.25, -0.2) is 0 Å². The predicted molar refractivity (Wildman–Crippen MR) is 73.2 cm³/mol. The third-order valence-corrected chi connectivity index (χ3v) is 3.54. The van der Waals surface area contributed by atoms with Crippen molar-refractivity contribution in [1.29, 1.82) is 0 Å². The minimum Gasteiger partial charge on any atom is -0.464 e. The van der Waals surface area contributed by atoms with Gasteiger partial charge in [-0.15, -0.1) is 0 Å². The standard InChI is InChI=1S/C15H23NO2/c1-4-12(2)15(3,16)14(17)18-11-10-13-8-6-5-7-9-13/h5-9,12H,4,10-11,16H2,1-3H3. The molecule has 0 radical (unpaired) electrons. The Morgan fingerprint density at radius 1 is 1.39 bits per heavy atom. The van der Waals surface area contributed by atoms with Crippen LogP contribution >= 0.6 is 0 Å². The fourth-order valence-corrected chi connectivity index (χ4v) is 1.69. The lowest BCUT2D eigenvalue weighted by Gasteiger charge is -2.28. The maximum atomic E-state index is 11.9. The van der Waals surface area contributed by atoms with Crippen LogP contribution in [0.1, 0.15) is 32.8 Å². The van der Waals surface area contributed by atoms with Crippen LogP contribution in [0.2, 0.25) is 0 Å². The molecule has 0 saturated heterocycles. The lowest BCUT2D eigenvalue weighted by molar-refractivity contribution is -0.151. The number of hydrogen-bond acceptors (Lipinski definition) is 3. The summed E-state index contributed by atoms with van der Waals surface area (Å²) >= 11 is 0. The van der Waals surface area contributed by atoms with Crippen molar-refractivity contribution in [1.82, 2.24) is 0 Å². The Kier molecular flexibility index (Phi) is 5.35. The fourth-order valence-electron chi connectivity index (χ4n) is 1.69. The number of esters is 1. The summed E-state index contributed by atoms with van der Waals surface area (Å²) in [5, 5.41) is 0. The summed E-state index contributed by atoms with van der Waals surface area (Å²) in [6, 6.07) is 9.95. The van der Waals surface area contributed by atoms with Crippen molar-refractivity contribution in [2.75, 3.05) is 6.61 Å². The molecule has 0 spiro atoms. The molecule has 0 heterocycles. The first-order valence-corrected chi connectivity index (χ1v) is 6.48. The first-order chi connectivity index (χ1) is 8.48. The van der Waals surface area contributed by atoms with Crippen molar-refractivity contribution >= 4 is 5.97 Å². The molecule has 3 nitrogen and oxygen atoms in total. The normalized spacial score (nSPS) is 15.8. The van der Waals surface area contributed by atoms with Crippen LogP contribution in [0.5, 0.6) is 0 Å². The summed E-state index contributed by atoms with van der Waals surface area (Å²) in [5.41, 5.74) is 6.28. The Morgan fingerprint density at radius 2 is 2.00 bits per heavy atom. The van der Waals surface area contributed by atoms with E-state index in [0.29, 0.717) is 6.61 Å². The van der Waals surface area contributed by atoms with Gasteiger partial charge in [0.1, 0.15) is 5.54 Å². The van der Waals surface area contributed by atoms with Crippen LogP contribution in [0.25, 0.3) is 0 Å². The molecule has 2 N–H and O–H groups in total. The van der Waals surface area contributed by atoms with Crippen molar-refractivity contribution in [3.8, 4) is 0 Å². The molecule has 0 saturated carbocycles. The summed E-state index contributed by atoms with van der Waals surface area (Å²) in [7, 11) is 0. The van der Waals surface area contributed by atoms with Crippen LogP contribution in [0, 0.1) is 5.92 Å². The number of rotatable bonds is 6. The highest BCUT2D eigenvalue weighted by Gasteiger charge is 2.35. The minimum absolute atomic E-state index is 0.113. The Bertz CT molecular complexity index is 373. The van der Waals surface area contributed by atoms with Gasteiger partial charge >= 0.3 is 5.97 Å². The van der Waals surface area contributed by atoms with Gasteiger partial charge in [-0.3, -0.25) is 4.79 Å². The van der Waals surface area contributed by atoms with Crippen LogP contribution in [0.15, 0.2) is 30.3 Å². The number of carbonyl (C=O) groups is 1. The molecule has 0 aromatic heterocycles. The van der Waals surface area contributed by atoms with Crippen molar-refractivity contribution in [2.24, 2.45) is 11.7 Å². The molecule has 0 aliphatic heterocycles. The third kappa shape index (κ3) is 3.84. The van der Waals surface area contributed by atoms with Crippen LogP contribution in [0.3, 0.4) is 0 Å². The highest BCUT2D eigenvalue weighted by Crippen LogP contribution is 2.18. The Labute approximate surface area is 109 Å². The Hall–Kier alpha value is -1.35. The molecule has 2 atom stereocenters. The van der Waals surface area contributed by atoms with Crippen LogP contribution < -0.4 is 5.73 Å². The first-order valence-electron chi connectivity index (χ1n) is 6.48. The van der Waals surface area contributed by atoms with E-state index < -0.39 is 5.54 Å². The van der Waals surface area contributed by atoms with E-state index in [1.165, 1.54) is 0 Å². The highest BCUT2D eigenvalue weighted by atomic mass is 16.5. The molecular weight excluding hydrogens is 226 g/mol. The molecule has 3 heteroatoms. The van der Waals surface area contributed by atoms with Gasteiger partial charge in [0.15, 0.2) is 0 Å². The highest BCUT2D eigenvalue weighted by molar-refractivity contribution is 5.80. The van der Waals surface area contributed by atoms with Gasteiger partial charge in [0.05, 0.1) is 6.61 Å². The van der Waals surface area contributed by atoms with Gasteiger partial charge in [-0.1, -0.05) is 50.6 Å². The molecule has 0 fully saturated rings. The number of hydrogen-bond donors (Lipinski definition) is 1. The number of nitrogens with two attached hydrogens (primary N) is 1. The van der Waals surface area contributed by atoms with Gasteiger partial charge in [-0.2, -0.15) is 0 Å². The average molecular weight is 249 g/mol. The second-order valence-corrected chi connectivity index (χ2v) is 4.96. The molecule has 1 aromatic rings. The Balaban J connectivity index is 2.42. The third-order valence-electron chi connectivity index (χ3n) is 3.54. The van der Waals surface area contributed by atoms with Gasteiger partial charge in [0.25, 0.3) is 0 Å². The molecule has 0 aliphatic carbocycles. The van der Waals surface area contributed by atoms with E-state index in [9.17, 15) is 4.79 Å². The van der Waals surface area contributed by atoms with E-state index >= 15 is 0 Å². The number of benzene rings is 1. The molecule has 0 bridgehead atoms. The largest absolute Gasteiger partial charge is 0.464 e. The van der Waals surface area contributed by atoms with E-state index in [-0.39, 0.29) is 11.9 Å². The maximum Gasteiger partial charge on any atom is 0.326 e. The lowest BCUT2D eigenvalue weighted by Crippen LogP contribution is -2.51. The van der Waals surface area contributed by atoms with Gasteiger partial charge in [-0.05, 0) is 18.4 Å². The number of carbonyl (C=O) groups excluding carboxylic acids is 1. The van der Waals surface area contributed by atoms with Gasteiger partial charge in [0.2, 0.25) is 0 Å². The predicted octanol–water partition coefficient (Wildman–Crippen LogP) is 2.54. The van der Waals surface area contributed by atoms with Crippen molar-refractivity contribution in [3.05, 3.63) is 35.9 Å². The molecule has 18 heavy (non-hydrogen) atoms. The molecule has 2 unspecified atom stereocenters. The van der Waals surface area contributed by atoms with Crippen LogP contribution in [-0.4, -0.2) is 18.1 Å². The summed E-state index contributed by atoms with van der Waals surface area (Å²) in [6.07, 6.45) is 1.59. The first kappa shape index (κ1) is 14.7. The zero-order chi connectivity index (χ0) is 13.6. The zero-order valence-electron chi connectivity index (χ0n) is 11.5. The summed E-state index contributed by atoms with van der Waals surface area (Å²) < 4.78 is 5.27. The smallest absolute Gasteiger partial charge is 0.326 e. The average Bonchev–Trinajstić information content (AvgIpc) is 2.38. The molecular formula is C15H23NO2. The van der Waals surface area contributed by atoms with E-state index in [0.717, 1.165) is 18.4 Å². The van der Waals surface area contributed by atoms with E-state index in [1.54, 1.807) is 6.92 Å². The molecule has 0 amide bonds. The van der Waals surface area contributed by atoms with Crippen molar-refractivity contribution in [3.63, 3.8) is 0 Å².